The molecule has 0 atom stereocenters. The van der Waals surface area contributed by atoms with Crippen molar-refractivity contribution >= 4 is 23.8 Å². The van der Waals surface area contributed by atoms with Crippen LogP contribution in [0.2, 0.25) is 0 Å². The molecule has 0 radical (unpaired) electrons. The molecule has 14 heavy (non-hydrogen) atoms. The van der Waals surface area contributed by atoms with Gasteiger partial charge in [0.05, 0.1) is 5.03 Å². The van der Waals surface area contributed by atoms with E-state index in [0.717, 1.165) is 5.03 Å². The van der Waals surface area contributed by atoms with E-state index in [9.17, 15) is 4.79 Å². The lowest BCUT2D eigenvalue weighted by atomic mass is 10.5. The molecular weight excluding hydrogens is 200 g/mol. The maximum atomic E-state index is 10.5. The van der Waals surface area contributed by atoms with E-state index in [4.69, 9.17) is 0 Å². The van der Waals surface area contributed by atoms with E-state index < -0.39 is 0 Å². The summed E-state index contributed by atoms with van der Waals surface area (Å²) in [6.07, 6.45) is 2.38. The van der Waals surface area contributed by atoms with Gasteiger partial charge in [0.1, 0.15) is 12.8 Å². The average Bonchev–Trinajstić information content (AvgIpc) is 2.25. The highest BCUT2D eigenvalue weighted by molar-refractivity contribution is 8.00. The fraction of sp³-hybridized carbons (Fsp3) is 0.222. The number of carbonyl (C=O) groups is 1. The van der Waals surface area contributed by atoms with Crippen LogP contribution in [0.3, 0.4) is 0 Å². The minimum absolute atomic E-state index is 0.364. The van der Waals surface area contributed by atoms with Crippen LogP contribution in [0.15, 0.2) is 34.6 Å². The number of thioether (sulfide) groups is 1. The molecule has 0 aliphatic heterocycles. The van der Waals surface area contributed by atoms with E-state index in [2.05, 4.69) is 15.0 Å². The highest BCUT2D eigenvalue weighted by Crippen LogP contribution is 2.13. The van der Waals surface area contributed by atoms with Gasteiger partial charge in [-0.05, 0) is 12.1 Å². The van der Waals surface area contributed by atoms with Crippen molar-refractivity contribution in [2.45, 2.75) is 5.03 Å². The standard InChI is InChI=1S/C9H10N2O2S/c1-13-11-8(6-12)7-14-9-4-2-3-5-10-9/h2-6H,7H2,1H3/b11-8+. The average molecular weight is 210 g/mol. The number of carbonyl (C=O) groups excluding carboxylic acids is 1. The van der Waals surface area contributed by atoms with Gasteiger partial charge in [0.25, 0.3) is 0 Å². The van der Waals surface area contributed by atoms with Gasteiger partial charge in [-0.2, -0.15) is 0 Å². The summed E-state index contributed by atoms with van der Waals surface area (Å²) in [7, 11) is 1.41. The Hall–Kier alpha value is -1.36. The van der Waals surface area contributed by atoms with Crippen molar-refractivity contribution in [2.24, 2.45) is 5.16 Å². The summed E-state index contributed by atoms with van der Waals surface area (Å²) in [5.41, 5.74) is 0.364. The molecule has 74 valence electrons. The maximum Gasteiger partial charge on any atom is 0.168 e. The normalized spacial score (nSPS) is 11.1. The van der Waals surface area contributed by atoms with Crippen molar-refractivity contribution in [3.8, 4) is 0 Å². The summed E-state index contributed by atoms with van der Waals surface area (Å²) >= 11 is 1.44. The molecule has 0 aliphatic carbocycles. The van der Waals surface area contributed by atoms with Crippen LogP contribution in [0.4, 0.5) is 0 Å². The number of hydrogen-bond donors (Lipinski definition) is 0. The van der Waals surface area contributed by atoms with Gasteiger partial charge in [-0.15, -0.1) is 0 Å². The van der Waals surface area contributed by atoms with Crippen LogP contribution in [-0.2, 0) is 9.63 Å². The summed E-state index contributed by atoms with van der Waals surface area (Å²) in [6.45, 7) is 0. The van der Waals surface area contributed by atoms with Crippen LogP contribution >= 0.6 is 11.8 Å². The molecule has 0 fully saturated rings. The molecular formula is C9H10N2O2S. The molecule has 5 heteroatoms. The predicted octanol–water partition coefficient (Wildman–Crippen LogP) is 1.38. The van der Waals surface area contributed by atoms with Gasteiger partial charge >= 0.3 is 0 Å². The van der Waals surface area contributed by atoms with Crippen molar-refractivity contribution in [3.63, 3.8) is 0 Å². The maximum absolute atomic E-state index is 10.5. The van der Waals surface area contributed by atoms with E-state index >= 15 is 0 Å². The van der Waals surface area contributed by atoms with Gasteiger partial charge in [0.2, 0.25) is 0 Å². The smallest absolute Gasteiger partial charge is 0.168 e. The first kappa shape index (κ1) is 10.7. The molecule has 0 spiro atoms. The van der Waals surface area contributed by atoms with E-state index in [0.29, 0.717) is 17.8 Å². The zero-order valence-corrected chi connectivity index (χ0v) is 8.53. The summed E-state index contributed by atoms with van der Waals surface area (Å²) in [4.78, 5) is 19.1. The fourth-order valence-electron chi connectivity index (χ4n) is 0.779. The Morgan fingerprint density at radius 2 is 2.57 bits per heavy atom. The summed E-state index contributed by atoms with van der Waals surface area (Å²) in [5, 5.41) is 4.42. The number of aldehydes is 1. The largest absolute Gasteiger partial charge is 0.399 e. The zero-order valence-electron chi connectivity index (χ0n) is 7.71. The highest BCUT2D eigenvalue weighted by atomic mass is 32.2. The molecule has 1 aromatic heterocycles. The minimum Gasteiger partial charge on any atom is -0.399 e. The van der Waals surface area contributed by atoms with Crippen molar-refractivity contribution in [1.29, 1.82) is 0 Å². The first-order chi connectivity index (χ1) is 6.86. The van der Waals surface area contributed by atoms with E-state index in [1.54, 1.807) is 6.20 Å². The Labute approximate surface area is 86.4 Å². The third kappa shape index (κ3) is 3.57. The van der Waals surface area contributed by atoms with Gasteiger partial charge in [-0.3, -0.25) is 4.79 Å². The third-order valence-electron chi connectivity index (χ3n) is 1.35. The van der Waals surface area contributed by atoms with E-state index in [-0.39, 0.29) is 0 Å². The molecule has 1 heterocycles. The quantitative estimate of drug-likeness (QED) is 0.319. The van der Waals surface area contributed by atoms with Crippen LogP contribution in [0, 0.1) is 0 Å². The number of rotatable bonds is 5. The van der Waals surface area contributed by atoms with Gasteiger partial charge in [0, 0.05) is 11.9 Å². The Bertz CT molecular complexity index is 314. The second kappa shape index (κ2) is 6.15. The molecule has 1 aromatic rings. The first-order valence-electron chi connectivity index (χ1n) is 3.96. The monoisotopic (exact) mass is 210 g/mol. The number of pyridine rings is 1. The number of hydrogen-bond acceptors (Lipinski definition) is 5. The lowest BCUT2D eigenvalue weighted by Gasteiger charge is -1.98. The van der Waals surface area contributed by atoms with Gasteiger partial charge in [0.15, 0.2) is 6.29 Å². The molecule has 0 aromatic carbocycles. The van der Waals surface area contributed by atoms with Crippen molar-refractivity contribution in [2.75, 3.05) is 12.9 Å². The molecule has 0 unspecified atom stereocenters. The minimum atomic E-state index is 0.364. The van der Waals surface area contributed by atoms with Crippen molar-refractivity contribution in [1.82, 2.24) is 4.98 Å². The molecule has 0 saturated carbocycles. The zero-order chi connectivity index (χ0) is 10.2. The van der Waals surface area contributed by atoms with Crippen LogP contribution < -0.4 is 0 Å². The fourth-order valence-corrected chi connectivity index (χ4v) is 1.51. The van der Waals surface area contributed by atoms with Gasteiger partial charge in [-0.1, -0.05) is 23.0 Å². The Morgan fingerprint density at radius 1 is 1.71 bits per heavy atom. The number of aromatic nitrogens is 1. The molecule has 0 amide bonds. The molecule has 0 saturated heterocycles. The number of nitrogens with zero attached hydrogens (tertiary/aromatic N) is 2. The second-order valence-corrected chi connectivity index (χ2v) is 3.34. The molecule has 1 rings (SSSR count). The summed E-state index contributed by atoms with van der Waals surface area (Å²) in [6, 6.07) is 5.61. The Balaban J connectivity index is 2.48. The predicted molar refractivity (Wildman–Crippen MR) is 55.5 cm³/mol. The SMILES string of the molecule is CO/N=C(\C=O)CSc1ccccn1. The van der Waals surface area contributed by atoms with E-state index in [1.807, 2.05) is 18.2 Å². The molecule has 0 bridgehead atoms. The van der Waals surface area contributed by atoms with Gasteiger partial charge < -0.3 is 4.84 Å². The molecule has 0 N–H and O–H groups in total. The van der Waals surface area contributed by atoms with Crippen LogP contribution in [0.1, 0.15) is 0 Å². The van der Waals surface area contributed by atoms with E-state index in [1.165, 1.54) is 18.9 Å². The first-order valence-corrected chi connectivity index (χ1v) is 4.94. The van der Waals surface area contributed by atoms with Gasteiger partial charge in [-0.25, -0.2) is 4.98 Å². The Morgan fingerprint density at radius 3 is 3.14 bits per heavy atom. The van der Waals surface area contributed by atoms with Crippen molar-refractivity contribution in [3.05, 3.63) is 24.4 Å². The second-order valence-electron chi connectivity index (χ2n) is 2.34. The molecule has 0 aliphatic rings. The topological polar surface area (TPSA) is 51.5 Å². The highest BCUT2D eigenvalue weighted by Gasteiger charge is 2.00. The van der Waals surface area contributed by atoms with Crippen LogP contribution in [0.5, 0.6) is 0 Å². The lowest BCUT2D eigenvalue weighted by molar-refractivity contribution is -0.102. The van der Waals surface area contributed by atoms with Crippen molar-refractivity contribution < 1.29 is 9.63 Å². The summed E-state index contributed by atoms with van der Waals surface area (Å²) in [5.74, 6) is 0.467. The lowest BCUT2D eigenvalue weighted by Crippen LogP contribution is -2.04. The Kier molecular flexibility index (Phi) is 4.71. The number of oxime groups is 1. The van der Waals surface area contributed by atoms with Crippen LogP contribution in [0.25, 0.3) is 0 Å². The third-order valence-corrected chi connectivity index (χ3v) is 2.33. The van der Waals surface area contributed by atoms with Crippen LogP contribution in [-0.4, -0.2) is 29.8 Å². The summed E-state index contributed by atoms with van der Waals surface area (Å²) < 4.78 is 0. The molecule has 4 nitrogen and oxygen atoms in total.